The quantitative estimate of drug-likeness (QED) is 0.413. The average molecular weight is 407 g/mol. The fraction of sp³-hybridized carbons (Fsp3) is 0.320. The highest BCUT2D eigenvalue weighted by Gasteiger charge is 2.15. The van der Waals surface area contributed by atoms with Gasteiger partial charge in [0.2, 0.25) is 0 Å². The van der Waals surface area contributed by atoms with Crippen LogP contribution in [0.15, 0.2) is 64.2 Å². The summed E-state index contributed by atoms with van der Waals surface area (Å²) in [7, 11) is 0. The highest BCUT2D eigenvalue weighted by atomic mass is 19.1. The van der Waals surface area contributed by atoms with E-state index in [1.807, 2.05) is 24.3 Å². The Morgan fingerprint density at radius 2 is 2.17 bits per heavy atom. The van der Waals surface area contributed by atoms with E-state index >= 15 is 0 Å². The van der Waals surface area contributed by atoms with E-state index in [1.54, 1.807) is 25.1 Å². The zero-order valence-corrected chi connectivity index (χ0v) is 17.1. The number of nitrogens with zero attached hydrogens (tertiary/aromatic N) is 1. The van der Waals surface area contributed by atoms with Crippen LogP contribution in [0.1, 0.15) is 43.9 Å². The van der Waals surface area contributed by atoms with Gasteiger partial charge in [0.25, 0.3) is 0 Å². The van der Waals surface area contributed by atoms with E-state index in [0.717, 1.165) is 17.6 Å². The third-order valence-corrected chi connectivity index (χ3v) is 4.85. The zero-order chi connectivity index (χ0) is 21.3. The van der Waals surface area contributed by atoms with Crippen LogP contribution in [0.2, 0.25) is 0 Å². The van der Waals surface area contributed by atoms with Crippen LogP contribution >= 0.6 is 0 Å². The molecule has 4 nitrogen and oxygen atoms in total. The summed E-state index contributed by atoms with van der Waals surface area (Å²) in [5.41, 5.74) is 3.72. The minimum Gasteiger partial charge on any atom is -0.396 e. The summed E-state index contributed by atoms with van der Waals surface area (Å²) in [6.07, 6.45) is 10.9. The molecule has 0 fully saturated rings. The molecule has 1 aromatic heterocycles. The molecule has 5 heteroatoms. The van der Waals surface area contributed by atoms with Gasteiger partial charge in [0.05, 0.1) is 17.4 Å². The molecule has 2 N–H and O–H groups in total. The summed E-state index contributed by atoms with van der Waals surface area (Å²) in [6, 6.07) is 6.52. The monoisotopic (exact) mass is 407 g/mol. The Labute approximate surface area is 176 Å². The molecule has 156 valence electrons. The van der Waals surface area contributed by atoms with Crippen molar-refractivity contribution in [1.82, 2.24) is 5.16 Å². The Morgan fingerprint density at radius 3 is 2.93 bits per heavy atom. The Morgan fingerprint density at radius 1 is 1.30 bits per heavy atom. The van der Waals surface area contributed by atoms with Crippen molar-refractivity contribution in [1.29, 1.82) is 0 Å². The van der Waals surface area contributed by atoms with Gasteiger partial charge in [0.15, 0.2) is 5.76 Å². The molecule has 0 bridgehead atoms. The summed E-state index contributed by atoms with van der Waals surface area (Å²) < 4.78 is 20.0. The van der Waals surface area contributed by atoms with Gasteiger partial charge in [-0.15, -0.1) is 0 Å². The van der Waals surface area contributed by atoms with Crippen molar-refractivity contribution in [3.63, 3.8) is 0 Å². The molecule has 3 rings (SSSR count). The number of aromatic nitrogens is 1. The minimum atomic E-state index is -0.493. The molecular weight excluding hydrogens is 381 g/mol. The predicted molar refractivity (Wildman–Crippen MR) is 115 cm³/mol. The van der Waals surface area contributed by atoms with Crippen molar-refractivity contribution < 1.29 is 19.1 Å². The van der Waals surface area contributed by atoms with Crippen molar-refractivity contribution in [2.24, 2.45) is 0 Å². The first-order valence-corrected chi connectivity index (χ1v) is 10.1. The molecule has 0 saturated heterocycles. The molecule has 2 aromatic rings. The van der Waals surface area contributed by atoms with Crippen LogP contribution in [0.25, 0.3) is 11.3 Å². The minimum absolute atomic E-state index is 0.0968. The van der Waals surface area contributed by atoms with Gasteiger partial charge in [-0.1, -0.05) is 46.9 Å². The van der Waals surface area contributed by atoms with Crippen LogP contribution in [-0.2, 0) is 6.42 Å². The topological polar surface area (TPSA) is 66.5 Å². The van der Waals surface area contributed by atoms with Crippen molar-refractivity contribution in [3.05, 3.63) is 76.8 Å². The standard InChI is InChI=1S/C25H26FNO3/c1-18(29)21-10-6-2-4-9-20(14-21)15-22-17-25(30-27-22)23-12-11-19(16-24(23)26)8-5-3-7-13-28/h2,4,9-12,16-18,28-29H,3,6-7,13-15H2,1H3/b4-2-,20-9-,21-10+/t18-/m0/s1. The van der Waals surface area contributed by atoms with E-state index in [4.69, 9.17) is 9.63 Å². The summed E-state index contributed by atoms with van der Waals surface area (Å²) >= 11 is 0. The van der Waals surface area contributed by atoms with Gasteiger partial charge in [-0.3, -0.25) is 0 Å². The highest BCUT2D eigenvalue weighted by molar-refractivity contribution is 5.60. The SMILES string of the molecule is C[C@H](O)/C1=C/C/C=C\C=C(/Cc2cc(-c3ccc(C#CCCCO)cc3F)on2)C1. The van der Waals surface area contributed by atoms with Gasteiger partial charge in [-0.2, -0.15) is 0 Å². The lowest BCUT2D eigenvalue weighted by molar-refractivity contribution is 0.228. The summed E-state index contributed by atoms with van der Waals surface area (Å²) in [6.45, 7) is 1.87. The second-order valence-electron chi connectivity index (χ2n) is 7.30. The third-order valence-electron chi connectivity index (χ3n) is 4.85. The first kappa shape index (κ1) is 21.8. The fourth-order valence-corrected chi connectivity index (χ4v) is 3.21. The summed E-state index contributed by atoms with van der Waals surface area (Å²) in [4.78, 5) is 0. The third kappa shape index (κ3) is 6.03. The lowest BCUT2D eigenvalue weighted by Gasteiger charge is -2.14. The van der Waals surface area contributed by atoms with Crippen molar-refractivity contribution in [3.8, 4) is 23.2 Å². The molecule has 0 amide bonds. The van der Waals surface area contributed by atoms with E-state index in [0.29, 0.717) is 48.3 Å². The Bertz CT molecular complexity index is 1020. The van der Waals surface area contributed by atoms with Gasteiger partial charge in [0, 0.05) is 31.1 Å². The van der Waals surface area contributed by atoms with Gasteiger partial charge in [0.1, 0.15) is 5.82 Å². The van der Waals surface area contributed by atoms with Crippen molar-refractivity contribution in [2.75, 3.05) is 6.61 Å². The molecule has 1 heterocycles. The summed E-state index contributed by atoms with van der Waals surface area (Å²) in [5, 5.41) is 22.8. The Balaban J connectivity index is 1.73. The molecule has 30 heavy (non-hydrogen) atoms. The first-order chi connectivity index (χ1) is 14.6. The van der Waals surface area contributed by atoms with Crippen LogP contribution < -0.4 is 0 Å². The number of halogens is 1. The molecule has 0 radical (unpaired) electrons. The molecule has 0 spiro atoms. The van der Waals surface area contributed by atoms with Gasteiger partial charge >= 0.3 is 0 Å². The van der Waals surface area contributed by atoms with Crippen LogP contribution in [0.3, 0.4) is 0 Å². The molecule has 1 atom stereocenters. The second kappa shape index (κ2) is 10.7. The van der Waals surface area contributed by atoms with Crippen molar-refractivity contribution >= 4 is 0 Å². The molecule has 1 aliphatic rings. The lowest BCUT2D eigenvalue weighted by atomic mass is 9.95. The number of hydrogen-bond acceptors (Lipinski definition) is 4. The largest absolute Gasteiger partial charge is 0.396 e. The van der Waals surface area contributed by atoms with E-state index in [9.17, 15) is 9.50 Å². The molecule has 0 aliphatic heterocycles. The van der Waals surface area contributed by atoms with E-state index in [1.165, 1.54) is 6.07 Å². The van der Waals surface area contributed by atoms with Crippen LogP contribution in [0, 0.1) is 17.7 Å². The second-order valence-corrected chi connectivity index (χ2v) is 7.30. The van der Waals surface area contributed by atoms with Crippen molar-refractivity contribution in [2.45, 2.75) is 45.1 Å². The fourth-order valence-electron chi connectivity index (χ4n) is 3.21. The van der Waals surface area contributed by atoms with E-state index < -0.39 is 11.9 Å². The summed E-state index contributed by atoms with van der Waals surface area (Å²) in [5.74, 6) is 5.76. The average Bonchev–Trinajstić information content (AvgIpc) is 3.15. The van der Waals surface area contributed by atoms with E-state index in [-0.39, 0.29) is 6.61 Å². The van der Waals surface area contributed by atoms with Gasteiger partial charge < -0.3 is 14.7 Å². The lowest BCUT2D eigenvalue weighted by Crippen LogP contribution is -2.07. The Kier molecular flexibility index (Phi) is 7.78. The van der Waals surface area contributed by atoms with Crippen LogP contribution in [0.5, 0.6) is 0 Å². The molecule has 1 aromatic carbocycles. The smallest absolute Gasteiger partial charge is 0.170 e. The van der Waals surface area contributed by atoms with Gasteiger partial charge in [-0.05, 0) is 50.0 Å². The van der Waals surface area contributed by atoms with Gasteiger partial charge in [-0.25, -0.2) is 4.39 Å². The number of benzene rings is 1. The number of aliphatic hydroxyl groups is 2. The maximum Gasteiger partial charge on any atom is 0.170 e. The number of allylic oxidation sites excluding steroid dienone is 5. The highest BCUT2D eigenvalue weighted by Crippen LogP contribution is 2.27. The van der Waals surface area contributed by atoms with Crippen LogP contribution in [0.4, 0.5) is 4.39 Å². The molecular formula is C25H26FNO3. The molecule has 0 saturated carbocycles. The Hall–Kier alpha value is -2.94. The van der Waals surface area contributed by atoms with Crippen LogP contribution in [-0.4, -0.2) is 28.1 Å². The number of aliphatic hydroxyl groups excluding tert-OH is 2. The predicted octanol–water partition coefficient (Wildman–Crippen LogP) is 4.73. The molecule has 1 aliphatic carbocycles. The maximum atomic E-state index is 14.6. The maximum absolute atomic E-state index is 14.6. The van der Waals surface area contributed by atoms with E-state index in [2.05, 4.69) is 17.0 Å². The first-order valence-electron chi connectivity index (χ1n) is 10.1. The number of hydrogen-bond donors (Lipinski definition) is 2. The number of rotatable bonds is 6. The molecule has 0 unspecified atom stereocenters. The number of unbranched alkanes of at least 4 members (excludes halogenated alkanes) is 1. The normalized spacial score (nSPS) is 19.3. The zero-order valence-electron chi connectivity index (χ0n) is 17.1.